The summed E-state index contributed by atoms with van der Waals surface area (Å²) in [6.45, 7) is 0. The van der Waals surface area contributed by atoms with Crippen molar-refractivity contribution in [2.24, 2.45) is 0 Å². The minimum atomic E-state index is -0.732. The highest BCUT2D eigenvalue weighted by atomic mass is 35.5. The molecule has 25 heavy (non-hydrogen) atoms. The van der Waals surface area contributed by atoms with E-state index in [1.807, 2.05) is 0 Å². The molecule has 0 spiro atoms. The van der Waals surface area contributed by atoms with Gasteiger partial charge in [0.15, 0.2) is 0 Å². The van der Waals surface area contributed by atoms with Crippen LogP contribution in [0.25, 0.3) is 0 Å². The number of pyridine rings is 1. The van der Waals surface area contributed by atoms with Gasteiger partial charge in [0.2, 0.25) is 0 Å². The molecule has 1 heterocycles. The van der Waals surface area contributed by atoms with Crippen LogP contribution in [-0.4, -0.2) is 10.9 Å². The number of carbonyl (C=O) groups excluding carboxylic acids is 1. The van der Waals surface area contributed by atoms with Crippen LogP contribution in [0, 0.1) is 11.6 Å². The number of nitrogens with zero attached hydrogens (tertiary/aromatic N) is 1. The molecule has 0 aliphatic heterocycles. The fourth-order valence-corrected chi connectivity index (χ4v) is 2.29. The Balaban J connectivity index is 1.70. The van der Waals surface area contributed by atoms with Crippen LogP contribution in [0.1, 0.15) is 10.4 Å². The molecule has 0 unspecified atom stereocenters. The highest BCUT2D eigenvalue weighted by Crippen LogP contribution is 2.20. The fourth-order valence-electron chi connectivity index (χ4n) is 2.10. The molecule has 126 valence electrons. The summed E-state index contributed by atoms with van der Waals surface area (Å²) in [5, 5.41) is 5.93. The molecule has 4 nitrogen and oxygen atoms in total. The first-order valence-corrected chi connectivity index (χ1v) is 7.64. The lowest BCUT2D eigenvalue weighted by Crippen LogP contribution is -2.12. The Kier molecular flexibility index (Phi) is 4.90. The van der Waals surface area contributed by atoms with E-state index in [4.69, 9.17) is 11.6 Å². The number of carbonyl (C=O) groups is 1. The quantitative estimate of drug-likeness (QED) is 0.688. The molecule has 3 rings (SSSR count). The van der Waals surface area contributed by atoms with Crippen molar-refractivity contribution in [3.63, 3.8) is 0 Å². The maximum Gasteiger partial charge on any atom is 0.257 e. The topological polar surface area (TPSA) is 54.0 Å². The number of amides is 1. The summed E-state index contributed by atoms with van der Waals surface area (Å²) in [6.07, 6.45) is 1.35. The van der Waals surface area contributed by atoms with Crippen LogP contribution < -0.4 is 10.6 Å². The molecule has 0 radical (unpaired) electrons. The third kappa shape index (κ3) is 4.30. The minimum Gasteiger partial charge on any atom is -0.338 e. The van der Waals surface area contributed by atoms with Gasteiger partial charge in [-0.2, -0.15) is 0 Å². The number of rotatable bonds is 4. The van der Waals surface area contributed by atoms with Crippen LogP contribution in [0.5, 0.6) is 0 Å². The minimum absolute atomic E-state index is 0.0880. The van der Waals surface area contributed by atoms with E-state index in [-0.39, 0.29) is 11.6 Å². The molecule has 0 atom stereocenters. The number of benzene rings is 2. The molecular formula is C18H12ClF2N3O. The van der Waals surface area contributed by atoms with Crippen molar-refractivity contribution in [3.8, 4) is 0 Å². The lowest BCUT2D eigenvalue weighted by molar-refractivity contribution is 0.102. The van der Waals surface area contributed by atoms with Crippen LogP contribution in [0.3, 0.4) is 0 Å². The molecule has 0 saturated carbocycles. The van der Waals surface area contributed by atoms with Crippen LogP contribution in [0.2, 0.25) is 5.02 Å². The molecule has 0 bridgehead atoms. The maximum absolute atomic E-state index is 13.6. The predicted octanol–water partition coefficient (Wildman–Crippen LogP) is 5.01. The smallest absolute Gasteiger partial charge is 0.257 e. The largest absolute Gasteiger partial charge is 0.338 e. The van der Waals surface area contributed by atoms with E-state index < -0.39 is 11.6 Å². The van der Waals surface area contributed by atoms with Gasteiger partial charge in [-0.15, -0.1) is 0 Å². The molecule has 2 N–H and O–H groups in total. The van der Waals surface area contributed by atoms with Crippen molar-refractivity contribution in [1.82, 2.24) is 4.98 Å². The third-order valence-electron chi connectivity index (χ3n) is 3.30. The molecule has 1 amide bonds. The summed E-state index contributed by atoms with van der Waals surface area (Å²) in [5.41, 5.74) is 0.975. The Morgan fingerprint density at radius 3 is 2.56 bits per heavy atom. The highest BCUT2D eigenvalue weighted by molar-refractivity contribution is 6.30. The first-order chi connectivity index (χ1) is 12.0. The first kappa shape index (κ1) is 16.9. The number of aromatic nitrogens is 1. The van der Waals surface area contributed by atoms with E-state index in [9.17, 15) is 13.6 Å². The second-order valence-electron chi connectivity index (χ2n) is 5.15. The SMILES string of the molecule is O=C(Nc1cccc(Cl)c1)c1ccc(Nc2ccc(F)cc2F)nc1. The van der Waals surface area contributed by atoms with Crippen LogP contribution in [0.15, 0.2) is 60.8 Å². The summed E-state index contributed by atoms with van der Waals surface area (Å²) >= 11 is 5.87. The van der Waals surface area contributed by atoms with Crippen LogP contribution in [0.4, 0.5) is 26.0 Å². The van der Waals surface area contributed by atoms with Gasteiger partial charge in [0, 0.05) is 23.0 Å². The average Bonchev–Trinajstić information content (AvgIpc) is 2.58. The maximum atomic E-state index is 13.6. The number of hydrogen-bond acceptors (Lipinski definition) is 3. The molecule has 0 fully saturated rings. The third-order valence-corrected chi connectivity index (χ3v) is 3.54. The standard InChI is InChI=1S/C18H12ClF2N3O/c19-12-2-1-3-14(8-12)23-18(25)11-4-7-17(22-10-11)24-16-6-5-13(20)9-15(16)21/h1-10H,(H,22,24)(H,23,25). The molecule has 0 saturated heterocycles. The predicted molar refractivity (Wildman–Crippen MR) is 93.3 cm³/mol. The van der Waals surface area contributed by atoms with Gasteiger partial charge >= 0.3 is 0 Å². The van der Waals surface area contributed by atoms with Crippen LogP contribution in [-0.2, 0) is 0 Å². The van der Waals surface area contributed by atoms with Crippen molar-refractivity contribution >= 4 is 34.7 Å². The zero-order chi connectivity index (χ0) is 17.8. The Hall–Kier alpha value is -2.99. The van der Waals surface area contributed by atoms with E-state index in [1.165, 1.54) is 24.4 Å². The average molecular weight is 360 g/mol. The van der Waals surface area contributed by atoms with Crippen LogP contribution >= 0.6 is 11.6 Å². The molecule has 2 aromatic carbocycles. The Bertz CT molecular complexity index is 916. The molecule has 0 aliphatic carbocycles. The van der Waals surface area contributed by atoms with Gasteiger partial charge in [-0.25, -0.2) is 13.8 Å². The number of anilines is 3. The highest BCUT2D eigenvalue weighted by Gasteiger charge is 2.09. The van der Waals surface area contributed by atoms with E-state index >= 15 is 0 Å². The molecular weight excluding hydrogens is 348 g/mol. The fraction of sp³-hybridized carbons (Fsp3) is 0. The van der Waals surface area contributed by atoms with Crippen molar-refractivity contribution in [2.45, 2.75) is 0 Å². The lowest BCUT2D eigenvalue weighted by Gasteiger charge is -2.08. The lowest BCUT2D eigenvalue weighted by atomic mass is 10.2. The van der Waals surface area contributed by atoms with Crippen molar-refractivity contribution in [1.29, 1.82) is 0 Å². The van der Waals surface area contributed by atoms with Gasteiger partial charge in [-0.3, -0.25) is 4.79 Å². The molecule has 3 aromatic rings. The Morgan fingerprint density at radius 1 is 1.04 bits per heavy atom. The second-order valence-corrected chi connectivity index (χ2v) is 5.58. The van der Waals surface area contributed by atoms with Gasteiger partial charge < -0.3 is 10.6 Å². The number of halogens is 3. The van der Waals surface area contributed by atoms with Gasteiger partial charge in [0.25, 0.3) is 5.91 Å². The summed E-state index contributed by atoms with van der Waals surface area (Å²) in [7, 11) is 0. The van der Waals surface area contributed by atoms with Crippen molar-refractivity contribution < 1.29 is 13.6 Å². The summed E-state index contributed by atoms with van der Waals surface area (Å²) < 4.78 is 26.5. The second kappa shape index (κ2) is 7.27. The number of hydrogen-bond donors (Lipinski definition) is 2. The molecule has 0 aliphatic rings. The van der Waals surface area contributed by atoms with Gasteiger partial charge in [-0.05, 0) is 42.5 Å². The normalized spacial score (nSPS) is 10.4. The summed E-state index contributed by atoms with van der Waals surface area (Å²) in [6, 6.07) is 13.0. The van der Waals surface area contributed by atoms with Crippen molar-refractivity contribution in [3.05, 3.63) is 83.0 Å². The van der Waals surface area contributed by atoms with E-state index in [0.29, 0.717) is 22.1 Å². The zero-order valence-corrected chi connectivity index (χ0v) is 13.5. The number of nitrogens with one attached hydrogen (secondary N) is 2. The first-order valence-electron chi connectivity index (χ1n) is 7.26. The Labute approximate surface area is 147 Å². The van der Waals surface area contributed by atoms with E-state index in [2.05, 4.69) is 15.6 Å². The molecule has 7 heteroatoms. The summed E-state index contributed by atoms with van der Waals surface area (Å²) in [4.78, 5) is 16.2. The zero-order valence-electron chi connectivity index (χ0n) is 12.8. The monoisotopic (exact) mass is 359 g/mol. The Morgan fingerprint density at radius 2 is 1.88 bits per heavy atom. The van der Waals surface area contributed by atoms with Gasteiger partial charge in [0.05, 0.1) is 11.3 Å². The van der Waals surface area contributed by atoms with E-state index in [1.54, 1.807) is 24.3 Å². The summed E-state index contributed by atoms with van der Waals surface area (Å²) in [5.74, 6) is -1.42. The van der Waals surface area contributed by atoms with Gasteiger partial charge in [0.1, 0.15) is 17.5 Å². The van der Waals surface area contributed by atoms with Crippen molar-refractivity contribution in [2.75, 3.05) is 10.6 Å². The van der Waals surface area contributed by atoms with Gasteiger partial charge in [-0.1, -0.05) is 17.7 Å². The van der Waals surface area contributed by atoms with E-state index in [0.717, 1.165) is 12.1 Å². The molecule has 1 aromatic heterocycles.